The van der Waals surface area contributed by atoms with E-state index in [2.05, 4.69) is 47.9 Å². The molecule has 0 radical (unpaired) electrons. The third-order valence-electron chi connectivity index (χ3n) is 21.3. The molecule has 10 unspecified atom stereocenters. The predicted molar refractivity (Wildman–Crippen MR) is 436 cm³/mol. The summed E-state index contributed by atoms with van der Waals surface area (Å²) in [5.41, 5.74) is 15.8. The number of phenolic OH excluding ortho intramolecular Hbond substituents is 3. The number of aliphatic hydroxyl groups excluding tert-OH is 5. The van der Waals surface area contributed by atoms with Crippen LogP contribution in [0, 0.1) is 5.92 Å². The molecule has 646 valence electrons. The summed E-state index contributed by atoms with van der Waals surface area (Å²) in [5.74, 6) is -14.1. The van der Waals surface area contributed by atoms with Gasteiger partial charge in [-0.15, -0.1) is 0 Å². The molecule has 7 aliphatic heterocycles. The first-order valence-corrected chi connectivity index (χ1v) is 40.0. The molecule has 35 nitrogen and oxygen atoms in total. The van der Waals surface area contributed by atoms with E-state index in [0.717, 1.165) is 65.7 Å². The number of nitrogens with two attached hydrogens (primary N) is 3. The number of phenols is 3. The van der Waals surface area contributed by atoms with Gasteiger partial charge < -0.3 is 139 Å². The first-order chi connectivity index (χ1) is 57.5. The van der Waals surface area contributed by atoms with Gasteiger partial charge in [-0.3, -0.25) is 38.4 Å². The Balaban J connectivity index is 1.02. The molecule has 7 aliphatic rings. The zero-order chi connectivity index (χ0) is 87.3. The monoisotopic (exact) mass is 1750 g/mol. The van der Waals surface area contributed by atoms with Crippen molar-refractivity contribution in [3.05, 3.63) is 180 Å². The van der Waals surface area contributed by atoms with Crippen LogP contribution in [0.4, 0.5) is 0 Å². The summed E-state index contributed by atoms with van der Waals surface area (Å²) in [6.07, 6.45) is -18.1. The number of likely N-dealkylation sites (N-methyl/N-ethyl adjacent to an activating group) is 1. The maximum Gasteiger partial charge on any atom is 0.248 e. The molecule has 2 fully saturated rings. The Morgan fingerprint density at radius 2 is 1.29 bits per heavy atom. The van der Waals surface area contributed by atoms with Crippen molar-refractivity contribution >= 4 is 93.7 Å². The molecule has 0 saturated carbocycles. The second-order valence-corrected chi connectivity index (χ2v) is 32.1. The van der Waals surface area contributed by atoms with Crippen LogP contribution in [0.2, 0.25) is 20.1 Å². The van der Waals surface area contributed by atoms with Crippen molar-refractivity contribution in [1.82, 2.24) is 47.9 Å². The molecule has 8 amide bonds. The van der Waals surface area contributed by atoms with Gasteiger partial charge in [-0.25, -0.2) is 0 Å². The Morgan fingerprint density at radius 1 is 0.653 bits per heavy atom. The summed E-state index contributed by atoms with van der Waals surface area (Å²) < 4.78 is 45.9. The SMILES string of the molecule is CN[C@H](CC(C)C)C(=O)N[C@H]1C(=O)N[C@@H](CC(N)=O)C(=O)N[C@H]2C(=O)NC3C(=O)N[C@H](C(=O)N[C@H](C(=O)NCCN)c4cc(O)cc(O)c4-c4cc3ccc4O)[C@H](O)c3ccc(c(Cl)c3)Oc3cc2cc(c3OC2OC(CN)C(O)C(O)C2OC2CC(C)(NCc3ccc(OCc4ccc(Cl)c(Cl)c4)cc3)C(O)C(C)O2)Oc2ccc(cc2Cl)[C@H]1O. The molecule has 0 aliphatic carbocycles. The van der Waals surface area contributed by atoms with Crippen molar-refractivity contribution < 1.29 is 112 Å². The maximum absolute atomic E-state index is 16.3. The van der Waals surface area contributed by atoms with Gasteiger partial charge in [-0.05, 0) is 151 Å². The number of hydrogen-bond donors (Lipinski definition) is 20. The van der Waals surface area contributed by atoms with Crippen molar-refractivity contribution in [3.8, 4) is 62.9 Å². The van der Waals surface area contributed by atoms with Crippen molar-refractivity contribution in [2.75, 3.05) is 26.7 Å². The standard InChI is InChI=1S/C82H92Cl4N12O23/c1-34(2)20-50(90-5)74(108)97-65-67(103)39-10-16-54(48(85)23-39)117-56-25-41-26-57(71(56)121-81-72(70(106)69(105)58(31-88)119-81)120-60-30-82(4,73(107)35(3)116-60)92-32-36-6-12-43(13-7-36)115-33-37-8-14-46(83)47(84)21-37)118-55-17-11-40(24-49(55)86)68(104)66-80(114)96-64(76(110)91-19-18-87)45-27-42(99)28-53(101)61(45)44-22-38(9-15-52(44)100)62(77(111)98-66)95-78(112)63(41)94-75(109)51(29-59(89)102)93-79(65)113/h6-17,21-28,34-35,50-51,58,60,62-70,72-73,81,90,92,99-101,103-107H,18-20,29-33,87-88H2,1-5H3,(H2,89,102)(H,91,110)(H,93,113)(H,94,109)(H,95,112)(H,96,114)(H,97,108)(H,98,111)/t35?,50-,51+,58?,60?,62?,63-,64+,65-,66+,67-,68-,69?,70?,72?,73?,81?,82?/m1/s1. The summed E-state index contributed by atoms with van der Waals surface area (Å²) in [6, 6.07) is 12.7. The summed E-state index contributed by atoms with van der Waals surface area (Å²) in [6.45, 7) is 6.49. The van der Waals surface area contributed by atoms with E-state index < -0.39 is 226 Å². The van der Waals surface area contributed by atoms with E-state index in [0.29, 0.717) is 15.8 Å². The largest absolute Gasteiger partial charge is 0.508 e. The third-order valence-corrected chi connectivity index (χ3v) is 22.6. The number of carbonyl (C=O) groups is 8. The van der Waals surface area contributed by atoms with Crippen LogP contribution in [-0.2, 0) is 65.7 Å². The fourth-order valence-electron chi connectivity index (χ4n) is 14.8. The van der Waals surface area contributed by atoms with Crippen molar-refractivity contribution in [2.45, 2.75) is 169 Å². The first-order valence-electron chi connectivity index (χ1n) is 38.5. The van der Waals surface area contributed by atoms with E-state index in [-0.39, 0.29) is 83.8 Å². The fourth-order valence-corrected chi connectivity index (χ4v) is 15.6. The highest BCUT2D eigenvalue weighted by atomic mass is 35.5. The van der Waals surface area contributed by atoms with Crippen LogP contribution in [-0.4, -0.2) is 194 Å². The summed E-state index contributed by atoms with van der Waals surface area (Å²) >= 11 is 26.8. The van der Waals surface area contributed by atoms with Gasteiger partial charge in [-0.2, -0.15) is 0 Å². The van der Waals surface area contributed by atoms with Crippen molar-refractivity contribution in [3.63, 3.8) is 0 Å². The number of aromatic hydroxyl groups is 3. The molecule has 11 bridgehead atoms. The first kappa shape index (κ1) is 89.8. The van der Waals surface area contributed by atoms with Gasteiger partial charge >= 0.3 is 0 Å². The van der Waals surface area contributed by atoms with Crippen molar-refractivity contribution in [2.24, 2.45) is 23.1 Å². The summed E-state index contributed by atoms with van der Waals surface area (Å²) in [7, 11) is 1.48. The molecule has 7 aromatic rings. The molecule has 2 saturated heterocycles. The van der Waals surface area contributed by atoms with E-state index >= 15 is 24.0 Å². The molecule has 7 aromatic carbocycles. The highest BCUT2D eigenvalue weighted by molar-refractivity contribution is 6.42. The van der Waals surface area contributed by atoms with Crippen LogP contribution in [0.5, 0.6) is 51.7 Å². The van der Waals surface area contributed by atoms with Gasteiger partial charge in [0.1, 0.15) is 108 Å². The Morgan fingerprint density at radius 3 is 1.92 bits per heavy atom. The number of ether oxygens (including phenoxy) is 7. The lowest BCUT2D eigenvalue weighted by atomic mass is 9.84. The molecule has 0 aromatic heterocycles. The molecular weight excluding hydrogens is 1660 g/mol. The topological polar surface area (TPSA) is 549 Å². The minimum atomic E-state index is -2.34. The number of primary amides is 1. The van der Waals surface area contributed by atoms with Crippen molar-refractivity contribution in [1.29, 1.82) is 0 Å². The molecule has 18 atom stereocenters. The Kier molecular flexibility index (Phi) is 28.5. The van der Waals surface area contributed by atoms with Gasteiger partial charge in [0, 0.05) is 55.3 Å². The Labute approximate surface area is 712 Å². The second-order valence-electron chi connectivity index (χ2n) is 30.5. The molecule has 23 N–H and O–H groups in total. The Bertz CT molecular complexity index is 5080. The van der Waals surface area contributed by atoms with Gasteiger partial charge in [0.05, 0.1) is 44.8 Å². The minimum absolute atomic E-state index is 0.104. The average Bonchev–Trinajstić information content (AvgIpc) is 0.746. The van der Waals surface area contributed by atoms with Crippen LogP contribution < -0.4 is 84.0 Å². The fraction of sp³-hybridized carbons (Fsp3) is 0.390. The lowest BCUT2D eigenvalue weighted by Gasteiger charge is -2.48. The average molecular weight is 1760 g/mol. The van der Waals surface area contributed by atoms with Crippen LogP contribution in [0.3, 0.4) is 0 Å². The van der Waals surface area contributed by atoms with Gasteiger partial charge in [0.15, 0.2) is 23.9 Å². The number of fused-ring (bicyclic) bond motifs is 15. The normalized spacial score (nSPS) is 26.4. The minimum Gasteiger partial charge on any atom is -0.508 e. The highest BCUT2D eigenvalue weighted by Gasteiger charge is 2.52. The van der Waals surface area contributed by atoms with Crippen LogP contribution in [0.15, 0.2) is 121 Å². The zero-order valence-corrected chi connectivity index (χ0v) is 68.6. The van der Waals surface area contributed by atoms with E-state index in [1.165, 1.54) is 31.3 Å². The van der Waals surface area contributed by atoms with E-state index in [1.54, 1.807) is 44.2 Å². The number of benzene rings is 7. The molecule has 7 heterocycles. The third kappa shape index (κ3) is 20.4. The lowest BCUT2D eigenvalue weighted by Crippen LogP contribution is -2.65. The quantitative estimate of drug-likeness (QED) is 0.0487. The highest BCUT2D eigenvalue weighted by Crippen LogP contribution is 2.50. The van der Waals surface area contributed by atoms with Crippen LogP contribution in [0.25, 0.3) is 11.1 Å². The number of nitrogens with one attached hydrogen (secondary N) is 9. The number of hydrogen-bond acceptors (Lipinski definition) is 27. The van der Waals surface area contributed by atoms with Gasteiger partial charge in [0.25, 0.3) is 0 Å². The maximum atomic E-state index is 16.3. The molecule has 14 rings (SSSR count). The molecule has 121 heavy (non-hydrogen) atoms. The summed E-state index contributed by atoms with van der Waals surface area (Å²) in [4.78, 5) is 120. The molecule has 39 heteroatoms. The predicted octanol–water partition coefficient (Wildman–Crippen LogP) is 3.78. The van der Waals surface area contributed by atoms with E-state index in [4.69, 9.17) is 96.8 Å². The van der Waals surface area contributed by atoms with Crippen LogP contribution >= 0.6 is 46.4 Å². The smallest absolute Gasteiger partial charge is 0.248 e. The second kappa shape index (κ2) is 38.3. The number of halogens is 4. The van der Waals surface area contributed by atoms with E-state index in [9.17, 15) is 55.2 Å². The Hall–Kier alpha value is -10.4. The van der Waals surface area contributed by atoms with E-state index in [1.807, 2.05) is 26.0 Å². The lowest BCUT2D eigenvalue weighted by molar-refractivity contribution is -0.331. The number of aliphatic hydroxyl groups is 5. The summed E-state index contributed by atoms with van der Waals surface area (Å²) in [5, 5.41) is 120. The zero-order valence-electron chi connectivity index (χ0n) is 65.5. The number of carbonyl (C=O) groups excluding carboxylic acids is 8. The molecular formula is C82H92Cl4N12O23. The number of rotatable bonds is 21. The molecule has 0 spiro atoms. The number of amides is 8. The van der Waals surface area contributed by atoms with Crippen LogP contribution in [0.1, 0.15) is 116 Å². The van der Waals surface area contributed by atoms with Gasteiger partial charge in [0.2, 0.25) is 59.3 Å². The van der Waals surface area contributed by atoms with Gasteiger partial charge in [-0.1, -0.05) is 96.6 Å².